The molecule has 0 saturated carbocycles. The van der Waals surface area contributed by atoms with Crippen LogP contribution in [0.25, 0.3) is 0 Å². The lowest BCUT2D eigenvalue weighted by atomic mass is 9.94. The molecule has 2 atom stereocenters. The number of hydrogen-bond donors (Lipinski definition) is 1. The van der Waals surface area contributed by atoms with Crippen molar-refractivity contribution in [3.05, 3.63) is 47.8 Å². The highest BCUT2D eigenvalue weighted by atomic mass is 19.2. The SMILES string of the molecule is C[C@H](Oc1ccc(F)c(F)c1)C(=O)N1CCC[C@@H](c2ccn[nH]2)C1. The lowest BCUT2D eigenvalue weighted by Crippen LogP contribution is -2.45. The molecule has 0 bridgehead atoms. The summed E-state index contributed by atoms with van der Waals surface area (Å²) < 4.78 is 31.7. The molecule has 2 heterocycles. The van der Waals surface area contributed by atoms with Crippen LogP contribution in [0, 0.1) is 11.6 Å². The van der Waals surface area contributed by atoms with E-state index in [2.05, 4.69) is 10.2 Å². The van der Waals surface area contributed by atoms with Crippen LogP contribution in [0.5, 0.6) is 5.75 Å². The Morgan fingerprint density at radius 3 is 2.92 bits per heavy atom. The fourth-order valence-electron chi connectivity index (χ4n) is 2.99. The van der Waals surface area contributed by atoms with Crippen LogP contribution in [-0.2, 0) is 4.79 Å². The fourth-order valence-corrected chi connectivity index (χ4v) is 2.99. The molecule has 1 aliphatic heterocycles. The van der Waals surface area contributed by atoms with Crippen molar-refractivity contribution in [3.8, 4) is 5.75 Å². The highest BCUT2D eigenvalue weighted by Crippen LogP contribution is 2.26. The summed E-state index contributed by atoms with van der Waals surface area (Å²) in [6, 6.07) is 5.16. The number of aromatic nitrogens is 2. The minimum Gasteiger partial charge on any atom is -0.481 e. The molecule has 1 fully saturated rings. The molecule has 1 amide bonds. The molecule has 0 spiro atoms. The Labute approximate surface area is 138 Å². The number of aromatic amines is 1. The Morgan fingerprint density at radius 1 is 1.38 bits per heavy atom. The number of nitrogens with zero attached hydrogens (tertiary/aromatic N) is 2. The van der Waals surface area contributed by atoms with E-state index in [1.165, 1.54) is 6.07 Å². The number of benzene rings is 1. The molecule has 5 nitrogen and oxygen atoms in total. The molecule has 128 valence electrons. The van der Waals surface area contributed by atoms with Crippen molar-refractivity contribution in [1.29, 1.82) is 0 Å². The van der Waals surface area contributed by atoms with Crippen LogP contribution in [-0.4, -0.2) is 40.2 Å². The van der Waals surface area contributed by atoms with Gasteiger partial charge >= 0.3 is 0 Å². The minimum atomic E-state index is -0.996. The molecule has 1 aromatic carbocycles. The van der Waals surface area contributed by atoms with Gasteiger partial charge in [0.2, 0.25) is 0 Å². The Hall–Kier alpha value is -2.44. The van der Waals surface area contributed by atoms with Crippen molar-refractivity contribution in [2.24, 2.45) is 0 Å². The summed E-state index contributed by atoms with van der Waals surface area (Å²) in [5.74, 6) is -1.74. The summed E-state index contributed by atoms with van der Waals surface area (Å²) in [5, 5.41) is 6.90. The number of ether oxygens (including phenoxy) is 1. The topological polar surface area (TPSA) is 58.2 Å². The Bertz CT molecular complexity index is 706. The second kappa shape index (κ2) is 6.98. The first-order valence-corrected chi connectivity index (χ1v) is 7.94. The smallest absolute Gasteiger partial charge is 0.263 e. The van der Waals surface area contributed by atoms with Crippen LogP contribution in [0.1, 0.15) is 31.4 Å². The quantitative estimate of drug-likeness (QED) is 0.935. The molecule has 0 unspecified atom stereocenters. The number of hydrogen-bond acceptors (Lipinski definition) is 3. The van der Waals surface area contributed by atoms with E-state index >= 15 is 0 Å². The van der Waals surface area contributed by atoms with Gasteiger partial charge in [-0.2, -0.15) is 5.10 Å². The number of H-pyrrole nitrogens is 1. The van der Waals surface area contributed by atoms with Crippen LogP contribution in [0.2, 0.25) is 0 Å². The third kappa shape index (κ3) is 3.55. The second-order valence-corrected chi connectivity index (χ2v) is 5.97. The number of nitrogens with one attached hydrogen (secondary N) is 1. The van der Waals surface area contributed by atoms with Crippen LogP contribution in [0.15, 0.2) is 30.5 Å². The Kier molecular flexibility index (Phi) is 4.78. The summed E-state index contributed by atoms with van der Waals surface area (Å²) in [6.07, 6.45) is 2.82. The van der Waals surface area contributed by atoms with Gasteiger partial charge < -0.3 is 9.64 Å². The number of halogens is 2. The predicted octanol–water partition coefficient (Wildman–Crippen LogP) is 2.86. The summed E-state index contributed by atoms with van der Waals surface area (Å²) in [6.45, 7) is 2.87. The van der Waals surface area contributed by atoms with Crippen LogP contribution in [0.4, 0.5) is 8.78 Å². The lowest BCUT2D eigenvalue weighted by molar-refractivity contribution is -0.139. The largest absolute Gasteiger partial charge is 0.481 e. The minimum absolute atomic E-state index is 0.136. The summed E-state index contributed by atoms with van der Waals surface area (Å²) in [5.41, 5.74) is 1.02. The molecule has 1 saturated heterocycles. The highest BCUT2D eigenvalue weighted by Gasteiger charge is 2.29. The Morgan fingerprint density at radius 2 is 2.21 bits per heavy atom. The molecular formula is C17H19F2N3O2. The molecule has 2 aromatic rings. The van der Waals surface area contributed by atoms with E-state index in [9.17, 15) is 13.6 Å². The van der Waals surface area contributed by atoms with Gasteiger partial charge in [-0.1, -0.05) is 0 Å². The molecule has 0 aliphatic carbocycles. The summed E-state index contributed by atoms with van der Waals surface area (Å²) in [4.78, 5) is 14.3. The zero-order valence-electron chi connectivity index (χ0n) is 13.3. The van der Waals surface area contributed by atoms with E-state index in [0.717, 1.165) is 30.7 Å². The first-order valence-electron chi connectivity index (χ1n) is 7.94. The van der Waals surface area contributed by atoms with Gasteiger partial charge in [-0.15, -0.1) is 0 Å². The second-order valence-electron chi connectivity index (χ2n) is 5.97. The zero-order chi connectivity index (χ0) is 17.1. The van der Waals surface area contributed by atoms with E-state index in [1.807, 2.05) is 6.07 Å². The number of carbonyl (C=O) groups is 1. The maximum absolute atomic E-state index is 13.2. The zero-order valence-corrected chi connectivity index (χ0v) is 13.3. The normalized spacial score (nSPS) is 19.1. The lowest BCUT2D eigenvalue weighted by Gasteiger charge is -2.33. The van der Waals surface area contributed by atoms with Gasteiger partial charge in [0.05, 0.1) is 0 Å². The first-order chi connectivity index (χ1) is 11.5. The predicted molar refractivity (Wildman–Crippen MR) is 83.6 cm³/mol. The van der Waals surface area contributed by atoms with E-state index in [-0.39, 0.29) is 17.6 Å². The Balaban J connectivity index is 1.63. The maximum atomic E-state index is 13.2. The third-order valence-corrected chi connectivity index (χ3v) is 4.25. The van der Waals surface area contributed by atoms with E-state index in [4.69, 9.17) is 4.74 Å². The first kappa shape index (κ1) is 16.4. The van der Waals surface area contributed by atoms with Crippen molar-refractivity contribution < 1.29 is 18.3 Å². The van der Waals surface area contributed by atoms with Gasteiger partial charge in [0, 0.05) is 37.0 Å². The summed E-state index contributed by atoms with van der Waals surface area (Å²) >= 11 is 0. The highest BCUT2D eigenvalue weighted by molar-refractivity contribution is 5.81. The van der Waals surface area contributed by atoms with Gasteiger partial charge in [0.1, 0.15) is 5.75 Å². The van der Waals surface area contributed by atoms with Gasteiger partial charge in [-0.3, -0.25) is 9.89 Å². The van der Waals surface area contributed by atoms with E-state index in [0.29, 0.717) is 13.1 Å². The molecule has 1 aromatic heterocycles. The molecule has 3 rings (SSSR count). The third-order valence-electron chi connectivity index (χ3n) is 4.25. The number of carbonyl (C=O) groups excluding carboxylic acids is 1. The van der Waals surface area contributed by atoms with Crippen molar-refractivity contribution in [2.75, 3.05) is 13.1 Å². The van der Waals surface area contributed by atoms with Crippen LogP contribution < -0.4 is 4.74 Å². The van der Waals surface area contributed by atoms with E-state index < -0.39 is 17.7 Å². The van der Waals surface area contributed by atoms with Gasteiger partial charge in [0.25, 0.3) is 5.91 Å². The van der Waals surface area contributed by atoms with Gasteiger partial charge in [0.15, 0.2) is 17.7 Å². The van der Waals surface area contributed by atoms with Crippen molar-refractivity contribution in [2.45, 2.75) is 31.8 Å². The molecular weight excluding hydrogens is 316 g/mol. The molecule has 0 radical (unpaired) electrons. The average molecular weight is 335 g/mol. The van der Waals surface area contributed by atoms with Crippen LogP contribution >= 0.6 is 0 Å². The molecule has 1 aliphatic rings. The van der Waals surface area contributed by atoms with Crippen LogP contribution in [0.3, 0.4) is 0 Å². The number of likely N-dealkylation sites (tertiary alicyclic amines) is 1. The monoisotopic (exact) mass is 335 g/mol. The maximum Gasteiger partial charge on any atom is 0.263 e. The number of piperidine rings is 1. The number of amides is 1. The van der Waals surface area contributed by atoms with Gasteiger partial charge in [-0.25, -0.2) is 8.78 Å². The molecule has 24 heavy (non-hydrogen) atoms. The van der Waals surface area contributed by atoms with E-state index in [1.54, 1.807) is 18.0 Å². The van der Waals surface area contributed by atoms with Crippen molar-refractivity contribution in [3.63, 3.8) is 0 Å². The summed E-state index contributed by atoms with van der Waals surface area (Å²) in [7, 11) is 0. The van der Waals surface area contributed by atoms with Gasteiger partial charge in [-0.05, 0) is 38.0 Å². The number of rotatable bonds is 4. The average Bonchev–Trinajstić information content (AvgIpc) is 3.12. The molecule has 1 N–H and O–H groups in total. The molecule has 7 heteroatoms. The van der Waals surface area contributed by atoms with Crippen molar-refractivity contribution in [1.82, 2.24) is 15.1 Å². The van der Waals surface area contributed by atoms with Crippen molar-refractivity contribution >= 4 is 5.91 Å². The fraction of sp³-hybridized carbons (Fsp3) is 0.412. The standard InChI is InChI=1S/C17H19F2N3O2/c1-11(24-13-4-5-14(18)15(19)9-13)17(23)22-8-2-3-12(10-22)16-6-7-20-21-16/h4-7,9,11-12H,2-3,8,10H2,1H3,(H,20,21)/t11-,12+/m0/s1.